The molecule has 6 heteroatoms. The third-order valence-electron chi connectivity index (χ3n) is 3.65. The first-order valence-electron chi connectivity index (χ1n) is 7.73. The third kappa shape index (κ3) is 4.37. The number of carbonyl (C=O) groups is 1. The summed E-state index contributed by atoms with van der Waals surface area (Å²) in [7, 11) is 0. The number of amides is 1. The number of thioether (sulfide) groups is 1. The molecule has 25 heavy (non-hydrogen) atoms. The molecule has 1 fully saturated rings. The highest BCUT2D eigenvalue weighted by Crippen LogP contribution is 2.32. The van der Waals surface area contributed by atoms with E-state index in [0.717, 1.165) is 17.5 Å². The first-order valence-corrected chi connectivity index (χ1v) is 9.33. The minimum Gasteiger partial charge on any atom is -0.266 e. The fourth-order valence-electron chi connectivity index (χ4n) is 2.23. The highest BCUT2D eigenvalue weighted by atomic mass is 35.5. The Morgan fingerprint density at radius 2 is 1.76 bits per heavy atom. The van der Waals surface area contributed by atoms with E-state index in [0.29, 0.717) is 14.2 Å². The van der Waals surface area contributed by atoms with Crippen molar-refractivity contribution in [2.24, 2.45) is 5.10 Å². The molecule has 2 aromatic rings. The maximum atomic E-state index is 12.5. The molecule has 0 unspecified atom stereocenters. The van der Waals surface area contributed by atoms with Gasteiger partial charge in [0.15, 0.2) is 4.32 Å². The van der Waals surface area contributed by atoms with Crippen LogP contribution in [-0.4, -0.2) is 21.5 Å². The number of carbonyl (C=O) groups excluding carboxylic acids is 1. The lowest BCUT2D eigenvalue weighted by molar-refractivity contribution is -0.122. The van der Waals surface area contributed by atoms with Crippen LogP contribution in [0.25, 0.3) is 6.08 Å². The van der Waals surface area contributed by atoms with E-state index in [9.17, 15) is 4.79 Å². The molecule has 3 rings (SSSR count). The summed E-state index contributed by atoms with van der Waals surface area (Å²) in [5.41, 5.74) is 3.08. The zero-order valence-electron chi connectivity index (χ0n) is 13.5. The Kier molecular flexibility index (Phi) is 5.68. The monoisotopic (exact) mass is 386 g/mol. The van der Waals surface area contributed by atoms with Gasteiger partial charge in [0, 0.05) is 5.02 Å². The first kappa shape index (κ1) is 17.9. The zero-order valence-corrected chi connectivity index (χ0v) is 15.9. The number of aryl methyl sites for hydroxylation is 1. The van der Waals surface area contributed by atoms with Gasteiger partial charge < -0.3 is 0 Å². The van der Waals surface area contributed by atoms with Crippen molar-refractivity contribution in [1.82, 2.24) is 5.01 Å². The molecule has 1 heterocycles. The number of rotatable bonds is 4. The Bertz CT molecular complexity index is 858. The van der Waals surface area contributed by atoms with Gasteiger partial charge in [0.25, 0.3) is 5.91 Å². The average molecular weight is 387 g/mol. The van der Waals surface area contributed by atoms with E-state index in [1.807, 2.05) is 30.3 Å². The summed E-state index contributed by atoms with van der Waals surface area (Å²) in [6.07, 6.45) is 4.43. The number of thiocarbonyl (C=S) groups is 1. The molecule has 0 aromatic heterocycles. The van der Waals surface area contributed by atoms with Gasteiger partial charge in [-0.05, 0) is 53.5 Å². The van der Waals surface area contributed by atoms with E-state index in [-0.39, 0.29) is 5.91 Å². The Morgan fingerprint density at radius 1 is 1.12 bits per heavy atom. The topological polar surface area (TPSA) is 32.7 Å². The van der Waals surface area contributed by atoms with Crippen molar-refractivity contribution in [3.63, 3.8) is 0 Å². The summed E-state index contributed by atoms with van der Waals surface area (Å²) >= 11 is 12.4. The van der Waals surface area contributed by atoms with Gasteiger partial charge in [-0.1, -0.05) is 66.7 Å². The van der Waals surface area contributed by atoms with Gasteiger partial charge in [0.2, 0.25) is 0 Å². The predicted octanol–water partition coefficient (Wildman–Crippen LogP) is 5.14. The van der Waals surface area contributed by atoms with Crippen LogP contribution in [0.4, 0.5) is 0 Å². The van der Waals surface area contributed by atoms with Gasteiger partial charge in [-0.2, -0.15) is 10.1 Å². The molecule has 3 nitrogen and oxygen atoms in total. The van der Waals surface area contributed by atoms with Gasteiger partial charge >= 0.3 is 0 Å². The Morgan fingerprint density at radius 3 is 2.40 bits per heavy atom. The largest absolute Gasteiger partial charge is 0.286 e. The van der Waals surface area contributed by atoms with Crippen molar-refractivity contribution in [1.29, 1.82) is 0 Å². The van der Waals surface area contributed by atoms with Crippen molar-refractivity contribution in [2.75, 3.05) is 0 Å². The second-order valence-electron chi connectivity index (χ2n) is 5.38. The molecule has 1 amide bonds. The number of halogens is 1. The second kappa shape index (κ2) is 7.95. The normalized spacial score (nSPS) is 16.4. The van der Waals surface area contributed by atoms with Gasteiger partial charge in [0.1, 0.15) is 0 Å². The minimum atomic E-state index is -0.209. The molecule has 0 bridgehead atoms. The SMILES string of the molecule is CCc1ccc(/C=C2/SC(=S)N(/N=C/c3ccc(Cl)cc3)C2=O)cc1. The van der Waals surface area contributed by atoms with Crippen LogP contribution in [0.1, 0.15) is 23.6 Å². The summed E-state index contributed by atoms with van der Waals surface area (Å²) in [6.45, 7) is 2.11. The molecular formula is C19H15ClN2OS2. The number of hydrogen-bond acceptors (Lipinski definition) is 4. The van der Waals surface area contributed by atoms with E-state index < -0.39 is 0 Å². The fraction of sp³-hybridized carbons (Fsp3) is 0.105. The Balaban J connectivity index is 1.77. The summed E-state index contributed by atoms with van der Waals surface area (Å²) in [6, 6.07) is 15.3. The highest BCUT2D eigenvalue weighted by molar-refractivity contribution is 8.26. The Hall–Kier alpha value is -1.95. The number of hydrazone groups is 1. The van der Waals surface area contributed by atoms with Crippen LogP contribution in [-0.2, 0) is 11.2 Å². The van der Waals surface area contributed by atoms with E-state index in [1.165, 1.54) is 22.3 Å². The van der Waals surface area contributed by atoms with Gasteiger partial charge in [-0.3, -0.25) is 4.79 Å². The van der Waals surface area contributed by atoms with E-state index in [2.05, 4.69) is 24.2 Å². The first-order chi connectivity index (χ1) is 12.1. The molecule has 0 aliphatic carbocycles. The van der Waals surface area contributed by atoms with Crippen LogP contribution in [0.5, 0.6) is 0 Å². The van der Waals surface area contributed by atoms with Crippen LogP contribution in [0.15, 0.2) is 58.5 Å². The lowest BCUT2D eigenvalue weighted by Gasteiger charge is -2.06. The van der Waals surface area contributed by atoms with Crippen molar-refractivity contribution in [3.8, 4) is 0 Å². The molecule has 0 spiro atoms. The smallest absolute Gasteiger partial charge is 0.266 e. The summed E-state index contributed by atoms with van der Waals surface area (Å²) in [5.74, 6) is -0.209. The second-order valence-corrected chi connectivity index (χ2v) is 7.50. The summed E-state index contributed by atoms with van der Waals surface area (Å²) in [4.78, 5) is 13.1. The molecule has 2 aromatic carbocycles. The third-order valence-corrected chi connectivity index (χ3v) is 5.19. The molecule has 1 saturated heterocycles. The standard InChI is InChI=1S/C19H15ClN2OS2/c1-2-13-3-5-14(6-4-13)11-17-18(23)22(19(24)25-17)21-12-15-7-9-16(20)10-8-15/h3-12H,2H2,1H3/b17-11+,21-12+. The van der Waals surface area contributed by atoms with E-state index in [4.69, 9.17) is 23.8 Å². The van der Waals surface area contributed by atoms with Crippen molar-refractivity contribution in [2.45, 2.75) is 13.3 Å². The molecule has 1 aliphatic heterocycles. The molecule has 0 radical (unpaired) electrons. The van der Waals surface area contributed by atoms with E-state index in [1.54, 1.807) is 18.3 Å². The molecular weight excluding hydrogens is 372 g/mol. The summed E-state index contributed by atoms with van der Waals surface area (Å²) < 4.78 is 0.423. The van der Waals surface area contributed by atoms with Gasteiger partial charge in [-0.25, -0.2) is 0 Å². The van der Waals surface area contributed by atoms with Gasteiger partial charge in [-0.15, -0.1) is 0 Å². The highest BCUT2D eigenvalue weighted by Gasteiger charge is 2.31. The maximum Gasteiger partial charge on any atom is 0.286 e. The molecule has 0 saturated carbocycles. The zero-order chi connectivity index (χ0) is 17.8. The quantitative estimate of drug-likeness (QED) is 0.414. The predicted molar refractivity (Wildman–Crippen MR) is 110 cm³/mol. The van der Waals surface area contributed by atoms with E-state index >= 15 is 0 Å². The summed E-state index contributed by atoms with van der Waals surface area (Å²) in [5, 5.41) is 6.12. The lowest BCUT2D eigenvalue weighted by Crippen LogP contribution is -2.22. The Labute approximate surface area is 161 Å². The number of benzene rings is 2. The molecule has 126 valence electrons. The minimum absolute atomic E-state index is 0.209. The van der Waals surface area contributed by atoms with Crippen molar-refractivity contribution < 1.29 is 4.79 Å². The lowest BCUT2D eigenvalue weighted by atomic mass is 10.1. The molecule has 0 N–H and O–H groups in total. The molecule has 1 aliphatic rings. The average Bonchev–Trinajstić information content (AvgIpc) is 2.89. The van der Waals surface area contributed by atoms with Crippen LogP contribution < -0.4 is 0 Å². The van der Waals surface area contributed by atoms with Crippen molar-refractivity contribution >= 4 is 58.1 Å². The van der Waals surface area contributed by atoms with Gasteiger partial charge in [0.05, 0.1) is 11.1 Å². The molecule has 0 atom stereocenters. The fourth-order valence-corrected chi connectivity index (χ4v) is 3.53. The van der Waals surface area contributed by atoms with Crippen LogP contribution in [0, 0.1) is 0 Å². The number of nitrogens with zero attached hydrogens (tertiary/aromatic N) is 2. The van der Waals surface area contributed by atoms with Crippen LogP contribution in [0.2, 0.25) is 5.02 Å². The number of hydrogen-bond donors (Lipinski definition) is 0. The van der Waals surface area contributed by atoms with Crippen LogP contribution >= 0.6 is 35.6 Å². The van der Waals surface area contributed by atoms with Crippen molar-refractivity contribution in [3.05, 3.63) is 75.1 Å². The maximum absolute atomic E-state index is 12.5. The van der Waals surface area contributed by atoms with Crippen LogP contribution in [0.3, 0.4) is 0 Å².